The summed E-state index contributed by atoms with van der Waals surface area (Å²) >= 11 is 0. The van der Waals surface area contributed by atoms with Crippen LogP contribution in [0.3, 0.4) is 0 Å². The minimum Gasteiger partial charge on any atom is -0.283 e. The molecule has 0 aromatic carbocycles. The number of allylic oxidation sites excluding steroid dienone is 1. The minimum absolute atomic E-state index is 0.306. The Morgan fingerprint density at radius 2 is 2.50 bits per heavy atom. The average molecular weight is 109 g/mol. The predicted molar refractivity (Wildman–Crippen MR) is 30.1 cm³/mol. The summed E-state index contributed by atoms with van der Waals surface area (Å²) in [5, 5.41) is 7.93. The van der Waals surface area contributed by atoms with Gasteiger partial charge in [-0.3, -0.25) is 4.79 Å². The standard InChI is InChI=1S/C6H7NO/c1-2-3-4-6(8)5-7/h2H,1,3-4H2. The van der Waals surface area contributed by atoms with E-state index < -0.39 is 0 Å². The number of Topliss-reactive ketones (excluding diaryl/α,β-unsaturated/α-hetero) is 1. The van der Waals surface area contributed by atoms with Crippen molar-refractivity contribution in [2.45, 2.75) is 12.8 Å². The van der Waals surface area contributed by atoms with Gasteiger partial charge < -0.3 is 0 Å². The molecule has 0 aliphatic carbocycles. The van der Waals surface area contributed by atoms with Crippen molar-refractivity contribution in [3.8, 4) is 6.07 Å². The topological polar surface area (TPSA) is 40.9 Å². The van der Waals surface area contributed by atoms with Gasteiger partial charge in [-0.05, 0) is 6.42 Å². The lowest BCUT2D eigenvalue weighted by Gasteiger charge is -1.80. The lowest BCUT2D eigenvalue weighted by molar-refractivity contribution is -0.113. The maximum atomic E-state index is 10.2. The second-order valence-corrected chi connectivity index (χ2v) is 1.36. The van der Waals surface area contributed by atoms with Gasteiger partial charge in [0.05, 0.1) is 0 Å². The molecule has 0 saturated heterocycles. The van der Waals surface area contributed by atoms with Crippen molar-refractivity contribution in [2.24, 2.45) is 0 Å². The van der Waals surface area contributed by atoms with Gasteiger partial charge in [-0.15, -0.1) is 6.58 Å². The average Bonchev–Trinajstić information content (AvgIpc) is 1.83. The van der Waals surface area contributed by atoms with Crippen molar-refractivity contribution in [1.82, 2.24) is 0 Å². The fourth-order valence-corrected chi connectivity index (χ4v) is 0.289. The lowest BCUT2D eigenvalue weighted by Crippen LogP contribution is -1.89. The number of rotatable bonds is 3. The zero-order valence-corrected chi connectivity index (χ0v) is 4.55. The maximum absolute atomic E-state index is 10.2. The van der Waals surface area contributed by atoms with E-state index in [1.54, 1.807) is 6.08 Å². The number of carbonyl (C=O) groups excluding carboxylic acids is 1. The Morgan fingerprint density at radius 1 is 1.88 bits per heavy atom. The molecule has 0 spiro atoms. The van der Waals surface area contributed by atoms with Crippen molar-refractivity contribution < 1.29 is 4.79 Å². The smallest absolute Gasteiger partial charge is 0.232 e. The molecule has 0 aliphatic rings. The molecule has 0 aromatic heterocycles. The molecule has 42 valence electrons. The van der Waals surface area contributed by atoms with Crippen LogP contribution < -0.4 is 0 Å². The fourth-order valence-electron chi connectivity index (χ4n) is 0.289. The van der Waals surface area contributed by atoms with Crippen molar-refractivity contribution in [3.05, 3.63) is 12.7 Å². The molecule has 0 fully saturated rings. The van der Waals surface area contributed by atoms with Crippen LogP contribution in [-0.4, -0.2) is 5.78 Å². The molecule has 0 unspecified atom stereocenters. The number of nitrogens with zero attached hydrogens (tertiary/aromatic N) is 1. The minimum atomic E-state index is -0.370. The molecule has 0 saturated carbocycles. The highest BCUT2D eigenvalue weighted by Crippen LogP contribution is 1.88. The molecule has 0 bridgehead atoms. The van der Waals surface area contributed by atoms with E-state index in [1.807, 2.05) is 0 Å². The van der Waals surface area contributed by atoms with Gasteiger partial charge in [-0.1, -0.05) is 6.08 Å². The Morgan fingerprint density at radius 3 is 2.88 bits per heavy atom. The summed E-state index contributed by atoms with van der Waals surface area (Å²) in [5.74, 6) is -0.370. The first-order chi connectivity index (χ1) is 3.81. The van der Waals surface area contributed by atoms with Gasteiger partial charge in [-0.2, -0.15) is 5.26 Å². The van der Waals surface area contributed by atoms with Crippen molar-refractivity contribution in [2.75, 3.05) is 0 Å². The third-order valence-corrected chi connectivity index (χ3v) is 0.700. The van der Waals surface area contributed by atoms with Crippen LogP contribution in [0.4, 0.5) is 0 Å². The summed E-state index contributed by atoms with van der Waals surface area (Å²) in [4.78, 5) is 10.2. The Hall–Kier alpha value is -1.10. The maximum Gasteiger partial charge on any atom is 0.232 e. The summed E-state index contributed by atoms with van der Waals surface area (Å²) in [6, 6.07) is 1.51. The number of carbonyl (C=O) groups is 1. The molecule has 0 N–H and O–H groups in total. The normalized spacial score (nSPS) is 7.38. The van der Waals surface area contributed by atoms with Gasteiger partial charge >= 0.3 is 0 Å². The van der Waals surface area contributed by atoms with Crippen LogP contribution in [0.25, 0.3) is 0 Å². The Kier molecular flexibility index (Phi) is 3.51. The van der Waals surface area contributed by atoms with E-state index in [-0.39, 0.29) is 5.78 Å². The third-order valence-electron chi connectivity index (χ3n) is 0.700. The molecule has 0 atom stereocenters. The van der Waals surface area contributed by atoms with E-state index in [2.05, 4.69) is 6.58 Å². The second kappa shape index (κ2) is 4.07. The molecule has 0 amide bonds. The highest BCUT2D eigenvalue weighted by Gasteiger charge is 1.93. The summed E-state index contributed by atoms with van der Waals surface area (Å²) in [6.07, 6.45) is 2.53. The quantitative estimate of drug-likeness (QED) is 0.401. The van der Waals surface area contributed by atoms with Gasteiger partial charge in [0.25, 0.3) is 0 Å². The van der Waals surface area contributed by atoms with Gasteiger partial charge in [0, 0.05) is 6.42 Å². The van der Waals surface area contributed by atoms with Crippen molar-refractivity contribution >= 4 is 5.78 Å². The fraction of sp³-hybridized carbons (Fsp3) is 0.333. The number of ketones is 1. The molecule has 0 radical (unpaired) electrons. The largest absolute Gasteiger partial charge is 0.283 e. The predicted octanol–water partition coefficient (Wildman–Crippen LogP) is 1.05. The van der Waals surface area contributed by atoms with Crippen LogP contribution in [-0.2, 0) is 4.79 Å². The van der Waals surface area contributed by atoms with E-state index in [0.717, 1.165) is 0 Å². The van der Waals surface area contributed by atoms with Crippen LogP contribution in [0, 0.1) is 11.3 Å². The number of hydrogen-bond acceptors (Lipinski definition) is 2. The van der Waals surface area contributed by atoms with Gasteiger partial charge in [-0.25, -0.2) is 0 Å². The zero-order chi connectivity index (χ0) is 6.41. The third kappa shape index (κ3) is 3.10. The van der Waals surface area contributed by atoms with E-state index >= 15 is 0 Å². The van der Waals surface area contributed by atoms with E-state index in [4.69, 9.17) is 5.26 Å². The SMILES string of the molecule is C=CCCC(=O)C#N. The highest BCUT2D eigenvalue weighted by molar-refractivity contribution is 5.93. The summed E-state index contributed by atoms with van der Waals surface area (Å²) in [5.41, 5.74) is 0. The molecule has 0 aromatic rings. The van der Waals surface area contributed by atoms with Crippen molar-refractivity contribution in [1.29, 1.82) is 5.26 Å². The Bertz CT molecular complexity index is 132. The first-order valence-corrected chi connectivity index (χ1v) is 2.35. The summed E-state index contributed by atoms with van der Waals surface area (Å²) in [6.45, 7) is 3.41. The van der Waals surface area contributed by atoms with Crippen LogP contribution >= 0.6 is 0 Å². The van der Waals surface area contributed by atoms with Gasteiger partial charge in [0.1, 0.15) is 6.07 Å². The van der Waals surface area contributed by atoms with Crippen LogP contribution in [0.2, 0.25) is 0 Å². The molecule has 0 rings (SSSR count). The molecular formula is C6H7NO. The first-order valence-electron chi connectivity index (χ1n) is 2.35. The molecule has 2 nitrogen and oxygen atoms in total. The van der Waals surface area contributed by atoms with Crippen molar-refractivity contribution in [3.63, 3.8) is 0 Å². The molecule has 2 heteroatoms. The Labute approximate surface area is 48.4 Å². The zero-order valence-electron chi connectivity index (χ0n) is 4.55. The molecule has 0 heterocycles. The molecular weight excluding hydrogens is 102 g/mol. The molecule has 0 aliphatic heterocycles. The highest BCUT2D eigenvalue weighted by atomic mass is 16.1. The van der Waals surface area contributed by atoms with Crippen LogP contribution in [0.1, 0.15) is 12.8 Å². The summed E-state index contributed by atoms with van der Waals surface area (Å²) < 4.78 is 0. The van der Waals surface area contributed by atoms with Gasteiger partial charge in [0.15, 0.2) is 0 Å². The Balaban J connectivity index is 3.29. The van der Waals surface area contributed by atoms with E-state index in [0.29, 0.717) is 12.8 Å². The monoisotopic (exact) mass is 109 g/mol. The lowest BCUT2D eigenvalue weighted by atomic mass is 10.2. The van der Waals surface area contributed by atoms with E-state index in [1.165, 1.54) is 6.07 Å². The van der Waals surface area contributed by atoms with Gasteiger partial charge in [0.2, 0.25) is 5.78 Å². The van der Waals surface area contributed by atoms with Crippen LogP contribution in [0.15, 0.2) is 12.7 Å². The molecule has 8 heavy (non-hydrogen) atoms. The first kappa shape index (κ1) is 6.90. The number of nitriles is 1. The number of hydrogen-bond donors (Lipinski definition) is 0. The van der Waals surface area contributed by atoms with Crippen LogP contribution in [0.5, 0.6) is 0 Å². The van der Waals surface area contributed by atoms with E-state index in [9.17, 15) is 4.79 Å². The second-order valence-electron chi connectivity index (χ2n) is 1.36. The summed E-state index contributed by atoms with van der Waals surface area (Å²) in [7, 11) is 0.